The third kappa shape index (κ3) is 2.83. The predicted molar refractivity (Wildman–Crippen MR) is 97.2 cm³/mol. The number of hydrogen-bond acceptors (Lipinski definition) is 5. The van der Waals surface area contributed by atoms with Gasteiger partial charge in [-0.1, -0.05) is 0 Å². The van der Waals surface area contributed by atoms with E-state index in [2.05, 4.69) is 20.0 Å². The zero-order valence-corrected chi connectivity index (χ0v) is 14.6. The predicted octanol–water partition coefficient (Wildman–Crippen LogP) is 2.37. The molecule has 0 spiro atoms. The first kappa shape index (κ1) is 16.3. The molecule has 0 aromatic carbocycles. The van der Waals surface area contributed by atoms with Crippen LogP contribution in [0.25, 0.3) is 16.8 Å². The first-order chi connectivity index (χ1) is 12.5. The van der Waals surface area contributed by atoms with Crippen molar-refractivity contribution in [1.29, 1.82) is 0 Å². The smallest absolute Gasteiger partial charge is 0.407 e. The number of hydrogen-bond donors (Lipinski definition) is 1. The Morgan fingerprint density at radius 2 is 1.81 bits per heavy atom. The lowest BCUT2D eigenvalue weighted by atomic mass is 10.1. The van der Waals surface area contributed by atoms with Gasteiger partial charge in [0, 0.05) is 61.0 Å². The maximum atomic E-state index is 11.2. The second kappa shape index (κ2) is 6.29. The molecule has 2 unspecified atom stereocenters. The Morgan fingerprint density at radius 3 is 2.46 bits per heavy atom. The molecule has 8 nitrogen and oxygen atoms in total. The number of pyridine rings is 1. The van der Waals surface area contributed by atoms with Gasteiger partial charge in [-0.3, -0.25) is 0 Å². The molecule has 0 radical (unpaired) electrons. The Morgan fingerprint density at radius 1 is 1.08 bits per heavy atom. The standard InChI is InChI=1S/C18H20N6O2/c1-12-9-22(18(25)26)10-13(2)24(12)17-4-3-14(7-20-17)15-8-19-16-5-6-21-23(16)11-15/h3-8,11-13H,9-10H2,1-2H3,(H,25,26). The third-order valence-corrected chi connectivity index (χ3v) is 4.78. The largest absolute Gasteiger partial charge is 0.465 e. The highest BCUT2D eigenvalue weighted by atomic mass is 16.4. The molecule has 3 aromatic rings. The number of rotatable bonds is 2. The van der Waals surface area contributed by atoms with E-state index in [1.807, 2.05) is 50.6 Å². The second-order valence-electron chi connectivity index (χ2n) is 6.67. The summed E-state index contributed by atoms with van der Waals surface area (Å²) in [6.45, 7) is 5.00. The summed E-state index contributed by atoms with van der Waals surface area (Å²) in [6.07, 6.45) is 6.41. The summed E-state index contributed by atoms with van der Waals surface area (Å²) in [7, 11) is 0. The molecule has 1 amide bonds. The fourth-order valence-corrected chi connectivity index (χ4v) is 3.60. The minimum atomic E-state index is -0.867. The van der Waals surface area contributed by atoms with E-state index in [0.717, 1.165) is 22.6 Å². The average molecular weight is 352 g/mol. The number of piperazine rings is 1. The van der Waals surface area contributed by atoms with E-state index in [9.17, 15) is 9.90 Å². The highest BCUT2D eigenvalue weighted by Crippen LogP contribution is 2.25. The summed E-state index contributed by atoms with van der Waals surface area (Å²) in [6, 6.07) is 5.97. The van der Waals surface area contributed by atoms with Crippen molar-refractivity contribution in [3.63, 3.8) is 0 Å². The highest BCUT2D eigenvalue weighted by Gasteiger charge is 2.32. The van der Waals surface area contributed by atoms with Crippen molar-refractivity contribution in [2.45, 2.75) is 25.9 Å². The van der Waals surface area contributed by atoms with Crippen LogP contribution in [0, 0.1) is 0 Å². The summed E-state index contributed by atoms with van der Waals surface area (Å²) in [4.78, 5) is 23.9. The lowest BCUT2D eigenvalue weighted by molar-refractivity contribution is 0.128. The molecule has 1 fully saturated rings. The van der Waals surface area contributed by atoms with Crippen LogP contribution in [0.3, 0.4) is 0 Å². The van der Waals surface area contributed by atoms with E-state index in [1.165, 1.54) is 4.90 Å². The zero-order chi connectivity index (χ0) is 18.3. The fourth-order valence-electron chi connectivity index (χ4n) is 3.60. The number of carboxylic acid groups (broad SMARTS) is 1. The number of carbonyl (C=O) groups is 1. The van der Waals surface area contributed by atoms with E-state index >= 15 is 0 Å². The van der Waals surface area contributed by atoms with Crippen LogP contribution >= 0.6 is 0 Å². The van der Waals surface area contributed by atoms with Crippen LogP contribution in [0.1, 0.15) is 13.8 Å². The van der Waals surface area contributed by atoms with Gasteiger partial charge in [-0.05, 0) is 26.0 Å². The molecular formula is C18H20N6O2. The number of anilines is 1. The van der Waals surface area contributed by atoms with Crippen LogP contribution in [0.4, 0.5) is 10.6 Å². The summed E-state index contributed by atoms with van der Waals surface area (Å²) in [5.41, 5.74) is 2.71. The van der Waals surface area contributed by atoms with Gasteiger partial charge in [-0.15, -0.1) is 0 Å². The van der Waals surface area contributed by atoms with Gasteiger partial charge >= 0.3 is 6.09 Å². The van der Waals surface area contributed by atoms with Gasteiger partial charge in [0.2, 0.25) is 0 Å². The Kier molecular flexibility index (Phi) is 3.95. The summed E-state index contributed by atoms with van der Waals surface area (Å²) in [5.74, 6) is 0.854. The van der Waals surface area contributed by atoms with Gasteiger partial charge in [-0.2, -0.15) is 5.10 Å². The van der Waals surface area contributed by atoms with Gasteiger partial charge in [0.25, 0.3) is 0 Å². The molecule has 3 aromatic heterocycles. The normalized spacial score (nSPS) is 20.5. The molecule has 26 heavy (non-hydrogen) atoms. The molecule has 2 atom stereocenters. The monoisotopic (exact) mass is 352 g/mol. The maximum Gasteiger partial charge on any atom is 0.407 e. The minimum absolute atomic E-state index is 0.0651. The Hall–Kier alpha value is -3.16. The average Bonchev–Trinajstić information content (AvgIpc) is 3.09. The molecule has 8 heteroatoms. The third-order valence-electron chi connectivity index (χ3n) is 4.78. The van der Waals surface area contributed by atoms with Crippen molar-refractivity contribution < 1.29 is 9.90 Å². The molecular weight excluding hydrogens is 332 g/mol. The molecule has 1 saturated heterocycles. The van der Waals surface area contributed by atoms with Crippen molar-refractivity contribution in [3.8, 4) is 11.1 Å². The van der Waals surface area contributed by atoms with Crippen molar-refractivity contribution in [2.75, 3.05) is 18.0 Å². The van der Waals surface area contributed by atoms with Crippen molar-refractivity contribution in [1.82, 2.24) is 24.5 Å². The quantitative estimate of drug-likeness (QED) is 0.762. The topological polar surface area (TPSA) is 86.9 Å². The van der Waals surface area contributed by atoms with Gasteiger partial charge in [0.15, 0.2) is 5.65 Å². The number of aromatic nitrogens is 4. The van der Waals surface area contributed by atoms with Gasteiger partial charge < -0.3 is 14.9 Å². The van der Waals surface area contributed by atoms with E-state index in [-0.39, 0.29) is 12.1 Å². The number of fused-ring (bicyclic) bond motifs is 1. The van der Waals surface area contributed by atoms with E-state index < -0.39 is 6.09 Å². The summed E-state index contributed by atoms with van der Waals surface area (Å²) in [5, 5.41) is 13.4. The van der Waals surface area contributed by atoms with Gasteiger partial charge in [-0.25, -0.2) is 19.3 Å². The molecule has 0 aliphatic carbocycles. The second-order valence-corrected chi connectivity index (χ2v) is 6.67. The van der Waals surface area contributed by atoms with Crippen LogP contribution in [0.5, 0.6) is 0 Å². The fraction of sp³-hybridized carbons (Fsp3) is 0.333. The van der Waals surface area contributed by atoms with Crippen LogP contribution < -0.4 is 4.90 Å². The molecule has 1 N–H and O–H groups in total. The lowest BCUT2D eigenvalue weighted by Crippen LogP contribution is -2.58. The number of amides is 1. The van der Waals surface area contributed by atoms with Gasteiger partial charge in [0.05, 0.1) is 6.20 Å². The summed E-state index contributed by atoms with van der Waals surface area (Å²) >= 11 is 0. The molecule has 134 valence electrons. The molecule has 0 bridgehead atoms. The van der Waals surface area contributed by atoms with E-state index in [4.69, 9.17) is 0 Å². The first-order valence-corrected chi connectivity index (χ1v) is 8.55. The van der Waals surface area contributed by atoms with Crippen LogP contribution in [-0.4, -0.2) is 60.9 Å². The van der Waals surface area contributed by atoms with E-state index in [0.29, 0.717) is 13.1 Å². The Labute approximate surface area is 150 Å². The molecule has 4 rings (SSSR count). The zero-order valence-electron chi connectivity index (χ0n) is 14.6. The first-order valence-electron chi connectivity index (χ1n) is 8.55. The molecule has 1 aliphatic rings. The minimum Gasteiger partial charge on any atom is -0.465 e. The molecule has 4 heterocycles. The van der Waals surface area contributed by atoms with Gasteiger partial charge in [0.1, 0.15) is 5.82 Å². The Bertz CT molecular complexity index is 926. The number of nitrogens with zero attached hydrogens (tertiary/aromatic N) is 6. The van der Waals surface area contributed by atoms with Crippen LogP contribution in [0.2, 0.25) is 0 Å². The highest BCUT2D eigenvalue weighted by molar-refractivity contribution is 5.66. The Balaban J connectivity index is 1.58. The molecule has 0 saturated carbocycles. The van der Waals surface area contributed by atoms with Crippen LogP contribution in [0.15, 0.2) is 43.0 Å². The molecule has 1 aliphatic heterocycles. The van der Waals surface area contributed by atoms with Crippen molar-refractivity contribution >= 4 is 17.6 Å². The maximum absolute atomic E-state index is 11.2. The van der Waals surface area contributed by atoms with Crippen molar-refractivity contribution in [2.24, 2.45) is 0 Å². The SMILES string of the molecule is CC1CN(C(=O)O)CC(C)N1c1ccc(-c2cnc3ccnn3c2)cn1. The van der Waals surface area contributed by atoms with E-state index in [1.54, 1.807) is 10.7 Å². The van der Waals surface area contributed by atoms with Crippen LogP contribution in [-0.2, 0) is 0 Å². The lowest BCUT2D eigenvalue weighted by Gasteiger charge is -2.44. The van der Waals surface area contributed by atoms with Crippen molar-refractivity contribution in [3.05, 3.63) is 43.0 Å². The summed E-state index contributed by atoms with van der Waals surface area (Å²) < 4.78 is 1.73.